The van der Waals surface area contributed by atoms with Crippen molar-refractivity contribution >= 4 is 22.8 Å². The van der Waals surface area contributed by atoms with E-state index in [1.54, 1.807) is 13.8 Å². The van der Waals surface area contributed by atoms with Gasteiger partial charge in [-0.05, 0) is 30.2 Å². The lowest BCUT2D eigenvalue weighted by Gasteiger charge is -2.17. The van der Waals surface area contributed by atoms with Crippen molar-refractivity contribution in [2.24, 2.45) is 5.92 Å². The van der Waals surface area contributed by atoms with Crippen molar-refractivity contribution in [1.29, 1.82) is 0 Å². The van der Waals surface area contributed by atoms with Gasteiger partial charge in [0.05, 0.1) is 0 Å². The molecule has 1 amide bonds. The molecule has 2 aromatic rings. The number of aliphatic carboxylic acids is 1. The van der Waals surface area contributed by atoms with E-state index in [0.29, 0.717) is 10.9 Å². The van der Waals surface area contributed by atoms with Gasteiger partial charge in [-0.25, -0.2) is 9.18 Å². The fourth-order valence-corrected chi connectivity index (χ4v) is 1.96. The zero-order chi connectivity index (χ0) is 14.9. The Bertz CT molecular complexity index is 663. The van der Waals surface area contributed by atoms with Crippen molar-refractivity contribution in [2.75, 3.05) is 0 Å². The Balaban J connectivity index is 2.25. The molecule has 1 atom stereocenters. The summed E-state index contributed by atoms with van der Waals surface area (Å²) in [6, 6.07) is 4.64. The second-order valence-corrected chi connectivity index (χ2v) is 4.95. The molecule has 1 aromatic heterocycles. The number of hydrogen-bond donors (Lipinski definition) is 3. The van der Waals surface area contributed by atoms with Gasteiger partial charge >= 0.3 is 5.97 Å². The standard InChI is InChI=1S/C14H15FN2O3/c1-7(2)12(14(19)20)17-13(18)11-6-8-5-9(15)3-4-10(8)16-11/h3-7,12,16H,1-2H3,(H,17,18)(H,19,20)/t12-/m0/s1. The van der Waals surface area contributed by atoms with Gasteiger partial charge in [-0.2, -0.15) is 0 Å². The second-order valence-electron chi connectivity index (χ2n) is 4.95. The highest BCUT2D eigenvalue weighted by Gasteiger charge is 2.24. The van der Waals surface area contributed by atoms with Crippen LogP contribution in [0.1, 0.15) is 24.3 Å². The first-order valence-corrected chi connectivity index (χ1v) is 6.20. The molecule has 2 rings (SSSR count). The van der Waals surface area contributed by atoms with Gasteiger partial charge in [0.1, 0.15) is 17.6 Å². The van der Waals surface area contributed by atoms with Crippen LogP contribution in [0.4, 0.5) is 4.39 Å². The normalized spacial score (nSPS) is 12.6. The van der Waals surface area contributed by atoms with E-state index in [0.717, 1.165) is 0 Å². The molecule has 0 saturated heterocycles. The number of carbonyl (C=O) groups excluding carboxylic acids is 1. The van der Waals surface area contributed by atoms with Crippen LogP contribution in [0.25, 0.3) is 10.9 Å². The number of nitrogens with one attached hydrogen (secondary N) is 2. The van der Waals surface area contributed by atoms with Crippen molar-refractivity contribution < 1.29 is 19.1 Å². The number of carbonyl (C=O) groups is 2. The SMILES string of the molecule is CC(C)[C@H](NC(=O)c1cc2cc(F)ccc2[nH]1)C(=O)O. The fraction of sp³-hybridized carbons (Fsp3) is 0.286. The molecule has 0 bridgehead atoms. The van der Waals surface area contributed by atoms with Crippen LogP contribution in [0.2, 0.25) is 0 Å². The molecule has 5 nitrogen and oxygen atoms in total. The minimum Gasteiger partial charge on any atom is -0.480 e. The fourth-order valence-electron chi connectivity index (χ4n) is 1.96. The number of amides is 1. The molecular formula is C14H15FN2O3. The molecule has 0 unspecified atom stereocenters. The zero-order valence-electron chi connectivity index (χ0n) is 11.1. The third-order valence-corrected chi connectivity index (χ3v) is 3.05. The molecule has 106 valence electrons. The van der Waals surface area contributed by atoms with E-state index in [-0.39, 0.29) is 11.6 Å². The molecule has 0 aliphatic heterocycles. The molecule has 0 radical (unpaired) electrons. The van der Waals surface area contributed by atoms with Gasteiger partial charge in [0.25, 0.3) is 5.91 Å². The smallest absolute Gasteiger partial charge is 0.326 e. The number of hydrogen-bond acceptors (Lipinski definition) is 2. The maximum atomic E-state index is 13.1. The average molecular weight is 278 g/mol. The van der Waals surface area contributed by atoms with Crippen LogP contribution < -0.4 is 5.32 Å². The van der Waals surface area contributed by atoms with Crippen LogP contribution >= 0.6 is 0 Å². The number of carboxylic acid groups (broad SMARTS) is 1. The van der Waals surface area contributed by atoms with Crippen molar-refractivity contribution in [1.82, 2.24) is 10.3 Å². The third-order valence-electron chi connectivity index (χ3n) is 3.05. The molecule has 0 fully saturated rings. The van der Waals surface area contributed by atoms with E-state index in [2.05, 4.69) is 10.3 Å². The predicted molar refractivity (Wildman–Crippen MR) is 72.0 cm³/mol. The molecule has 1 heterocycles. The van der Waals surface area contributed by atoms with Crippen LogP contribution in [-0.4, -0.2) is 28.0 Å². The van der Waals surface area contributed by atoms with E-state index >= 15 is 0 Å². The Labute approximate surface area is 114 Å². The number of fused-ring (bicyclic) bond motifs is 1. The van der Waals surface area contributed by atoms with Crippen molar-refractivity contribution in [3.8, 4) is 0 Å². The molecule has 0 spiro atoms. The summed E-state index contributed by atoms with van der Waals surface area (Å²) in [6.45, 7) is 3.42. The Hall–Kier alpha value is -2.37. The molecule has 3 N–H and O–H groups in total. The largest absolute Gasteiger partial charge is 0.480 e. The van der Waals surface area contributed by atoms with Crippen molar-refractivity contribution in [2.45, 2.75) is 19.9 Å². The van der Waals surface area contributed by atoms with Gasteiger partial charge in [0.2, 0.25) is 0 Å². The predicted octanol–water partition coefficient (Wildman–Crippen LogP) is 2.15. The summed E-state index contributed by atoms with van der Waals surface area (Å²) in [6.07, 6.45) is 0. The summed E-state index contributed by atoms with van der Waals surface area (Å²) < 4.78 is 13.1. The first-order chi connectivity index (χ1) is 9.38. The van der Waals surface area contributed by atoms with Crippen LogP contribution in [0.5, 0.6) is 0 Å². The zero-order valence-corrected chi connectivity index (χ0v) is 11.1. The highest BCUT2D eigenvalue weighted by molar-refractivity contribution is 5.99. The lowest BCUT2D eigenvalue weighted by molar-refractivity contribution is -0.140. The van der Waals surface area contributed by atoms with Gasteiger partial charge in [0, 0.05) is 10.9 Å². The van der Waals surface area contributed by atoms with Gasteiger partial charge in [-0.15, -0.1) is 0 Å². The van der Waals surface area contributed by atoms with Crippen molar-refractivity contribution in [3.63, 3.8) is 0 Å². The minimum absolute atomic E-state index is 0.206. The number of benzene rings is 1. The maximum Gasteiger partial charge on any atom is 0.326 e. The van der Waals surface area contributed by atoms with Crippen LogP contribution in [-0.2, 0) is 4.79 Å². The van der Waals surface area contributed by atoms with Crippen molar-refractivity contribution in [3.05, 3.63) is 35.8 Å². The first kappa shape index (κ1) is 14.0. The monoisotopic (exact) mass is 278 g/mol. The molecule has 6 heteroatoms. The summed E-state index contributed by atoms with van der Waals surface area (Å²) >= 11 is 0. The number of aromatic nitrogens is 1. The quantitative estimate of drug-likeness (QED) is 0.801. The summed E-state index contributed by atoms with van der Waals surface area (Å²) in [5.41, 5.74) is 0.825. The van der Waals surface area contributed by atoms with Crippen LogP contribution in [0, 0.1) is 11.7 Å². The third kappa shape index (κ3) is 2.79. The highest BCUT2D eigenvalue weighted by atomic mass is 19.1. The van der Waals surface area contributed by atoms with E-state index in [1.165, 1.54) is 24.3 Å². The summed E-state index contributed by atoms with van der Waals surface area (Å²) in [7, 11) is 0. The number of rotatable bonds is 4. The minimum atomic E-state index is -1.09. The summed E-state index contributed by atoms with van der Waals surface area (Å²) in [5, 5.41) is 12.0. The van der Waals surface area contributed by atoms with E-state index in [1.807, 2.05) is 0 Å². The maximum absolute atomic E-state index is 13.1. The number of carboxylic acids is 1. The molecule has 0 aliphatic carbocycles. The molecule has 20 heavy (non-hydrogen) atoms. The Morgan fingerprint density at radius 1 is 1.30 bits per heavy atom. The van der Waals surface area contributed by atoms with Gasteiger partial charge < -0.3 is 15.4 Å². The second kappa shape index (κ2) is 5.32. The number of H-pyrrole nitrogens is 1. The Morgan fingerprint density at radius 3 is 2.60 bits per heavy atom. The van der Waals surface area contributed by atoms with Crippen LogP contribution in [0.3, 0.4) is 0 Å². The number of halogens is 1. The molecule has 1 aromatic carbocycles. The van der Waals surface area contributed by atoms with Crippen LogP contribution in [0.15, 0.2) is 24.3 Å². The lowest BCUT2D eigenvalue weighted by Crippen LogP contribution is -2.44. The Morgan fingerprint density at radius 2 is 2.00 bits per heavy atom. The van der Waals surface area contributed by atoms with Gasteiger partial charge in [-0.3, -0.25) is 4.79 Å². The van der Waals surface area contributed by atoms with E-state index in [9.17, 15) is 14.0 Å². The summed E-state index contributed by atoms with van der Waals surface area (Å²) in [5.74, 6) is -2.24. The van der Waals surface area contributed by atoms with E-state index < -0.39 is 23.7 Å². The molecule has 0 aliphatic rings. The topological polar surface area (TPSA) is 82.2 Å². The number of aromatic amines is 1. The molecular weight excluding hydrogens is 263 g/mol. The Kier molecular flexibility index (Phi) is 3.74. The summed E-state index contributed by atoms with van der Waals surface area (Å²) in [4.78, 5) is 25.9. The highest BCUT2D eigenvalue weighted by Crippen LogP contribution is 2.17. The first-order valence-electron chi connectivity index (χ1n) is 6.20. The average Bonchev–Trinajstić information content (AvgIpc) is 2.77. The molecule has 0 saturated carbocycles. The van der Waals surface area contributed by atoms with Gasteiger partial charge in [-0.1, -0.05) is 13.8 Å². The van der Waals surface area contributed by atoms with E-state index in [4.69, 9.17) is 5.11 Å². The van der Waals surface area contributed by atoms with Gasteiger partial charge in [0.15, 0.2) is 0 Å². The lowest BCUT2D eigenvalue weighted by atomic mass is 10.0.